The van der Waals surface area contributed by atoms with Gasteiger partial charge in [0.25, 0.3) is 0 Å². The number of rotatable bonds is 5. The Morgan fingerprint density at radius 1 is 0.882 bits per heavy atom. The Morgan fingerprint density at radius 3 is 1.18 bits per heavy atom. The predicted molar refractivity (Wildman–Crippen MR) is 126 cm³/mol. The van der Waals surface area contributed by atoms with Gasteiger partial charge in [0.05, 0.1) is 0 Å². The number of carbonyl (C=O) groups is 4. The first-order valence-electron chi connectivity index (χ1n) is 8.47. The second-order valence-corrected chi connectivity index (χ2v) is 5.17. The predicted octanol–water partition coefficient (Wildman–Crippen LogP) is 1.29. The van der Waals surface area contributed by atoms with Crippen LogP contribution < -0.4 is 17.2 Å². The number of carbonyl (C=O) groups excluding carboxylic acids is 6. The Kier molecular flexibility index (Phi) is 52.1. The summed E-state index contributed by atoms with van der Waals surface area (Å²) >= 11 is 0. The van der Waals surface area contributed by atoms with E-state index in [9.17, 15) is 19.2 Å². The fourth-order valence-corrected chi connectivity index (χ4v) is 1.07. The molecule has 0 amide bonds. The van der Waals surface area contributed by atoms with Gasteiger partial charge in [-0.1, -0.05) is 56.9 Å². The van der Waals surface area contributed by atoms with E-state index >= 15 is 0 Å². The third-order valence-corrected chi connectivity index (χ3v) is 3.19. The molecule has 6 N–H and O–H groups in total. The Labute approximate surface area is 219 Å². The number of cyclic esters (lactones) is 4. The first kappa shape index (κ1) is 53.4. The Morgan fingerprint density at radius 2 is 1.15 bits per heavy atom. The van der Waals surface area contributed by atoms with Gasteiger partial charge in [0.1, 0.15) is 0 Å². The molecule has 0 bridgehead atoms. The summed E-state index contributed by atoms with van der Waals surface area (Å²) in [7, 11) is 0. The molecule has 1 spiro atoms. The summed E-state index contributed by atoms with van der Waals surface area (Å²) in [5.74, 6) is -3.83. The van der Waals surface area contributed by atoms with Crippen LogP contribution in [0.4, 0.5) is 0 Å². The summed E-state index contributed by atoms with van der Waals surface area (Å²) in [6.07, 6.45) is 4.52. The second-order valence-electron chi connectivity index (χ2n) is 5.17. The van der Waals surface area contributed by atoms with Gasteiger partial charge in [-0.3, -0.25) is 0 Å². The molecule has 13 heteroatoms. The molecule has 2 aliphatic heterocycles. The van der Waals surface area contributed by atoms with Gasteiger partial charge in [0.15, 0.2) is 0 Å². The molecule has 0 saturated carbocycles. The number of hydrogen-bond donors (Lipinski definition) is 3. The summed E-state index contributed by atoms with van der Waals surface area (Å²) in [6, 6.07) is 0. The molecule has 0 aromatic carbocycles. The van der Waals surface area contributed by atoms with Crippen LogP contribution >= 0.6 is 0 Å². The van der Waals surface area contributed by atoms with Gasteiger partial charge in [0.2, 0.25) is 0 Å². The number of ether oxygens (including phenoxy) is 3. The summed E-state index contributed by atoms with van der Waals surface area (Å²) < 4.78 is 10.9. The third kappa shape index (κ3) is 18.4. The molecule has 0 radical (unpaired) electrons. The number of nitrogens with two attached hydrogens (primary N) is 3. The first-order chi connectivity index (χ1) is 13.6. The standard InChI is InChI=1S/C5H13N.C5O6.C4H9.C2O3.CH6N2.4CH4.W/c1-3-5(2)4-6;6-1-5(2(7)10-1)3(8)11-4(5)9;1-3-4-2;3-1-5-2-4;2-1-3;;;;;/h5H,3-4,6H2,1-2H3;;3H,4H2,1-2H3;;1-3H2;4*1H4;/q;;-1;-2;;;;;;. The van der Waals surface area contributed by atoms with E-state index in [0.29, 0.717) is 5.92 Å². The SMILES string of the molecule is C.C.C.C.CCC(C)CN.C[CH-]CC.NCN.O=C1OC(=O)C12C(=O)OC2=O.O=[C-]O[C-]=O.[W]. The Balaban J connectivity index is -0.0000000435. The van der Waals surface area contributed by atoms with Gasteiger partial charge < -0.3 is 47.4 Å². The maximum Gasteiger partial charge on any atom is 0.357 e. The fraction of sp³-hybridized carbons (Fsp3) is 0.667. The van der Waals surface area contributed by atoms with Crippen LogP contribution in [0.25, 0.3) is 0 Å². The molecule has 2 saturated heterocycles. The number of esters is 4. The molecule has 0 aromatic rings. The minimum absolute atomic E-state index is 0. The van der Waals surface area contributed by atoms with Crippen molar-refractivity contribution in [1.82, 2.24) is 0 Å². The van der Waals surface area contributed by atoms with Gasteiger partial charge in [-0.2, -0.15) is 13.3 Å². The minimum Gasteiger partial charge on any atom is -0.783 e. The van der Waals surface area contributed by atoms with Crippen molar-refractivity contribution in [3.63, 3.8) is 0 Å². The topological polar surface area (TPSA) is 208 Å². The molecule has 2 heterocycles. The van der Waals surface area contributed by atoms with E-state index in [2.05, 4.69) is 59.8 Å². The van der Waals surface area contributed by atoms with Crippen molar-refractivity contribution in [2.75, 3.05) is 13.2 Å². The third-order valence-electron chi connectivity index (χ3n) is 3.19. The smallest absolute Gasteiger partial charge is 0.357 e. The fourth-order valence-electron chi connectivity index (χ4n) is 1.07. The normalized spacial score (nSPS) is 13.0. The minimum atomic E-state index is -2.22. The van der Waals surface area contributed by atoms with Crippen molar-refractivity contribution in [3.05, 3.63) is 6.42 Å². The molecular weight excluding hydrogens is 622 g/mol. The van der Waals surface area contributed by atoms with Crippen molar-refractivity contribution in [1.29, 1.82) is 0 Å². The van der Waals surface area contributed by atoms with Crippen LogP contribution in [-0.4, -0.2) is 50.0 Å². The van der Waals surface area contributed by atoms with E-state index in [0.717, 1.165) is 19.5 Å². The zero-order chi connectivity index (χ0) is 23.5. The van der Waals surface area contributed by atoms with E-state index < -0.39 is 29.3 Å². The molecule has 12 nitrogen and oxygen atoms in total. The van der Waals surface area contributed by atoms with Gasteiger partial charge in [-0.05, 0) is 12.5 Å². The maximum absolute atomic E-state index is 10.5. The number of unbranched alkanes of at least 4 members (excludes halogenated alkanes) is 1. The van der Waals surface area contributed by atoms with Crippen LogP contribution in [-0.2, 0) is 64.0 Å². The monoisotopic (exact) mass is 666 g/mol. The average molecular weight is 666 g/mol. The van der Waals surface area contributed by atoms with Crippen LogP contribution in [0.1, 0.15) is 70.2 Å². The van der Waals surface area contributed by atoms with Crippen molar-refractivity contribution < 1.29 is 64.0 Å². The molecule has 2 rings (SSSR count). The molecule has 1 unspecified atom stereocenters. The van der Waals surface area contributed by atoms with Gasteiger partial charge in [-0.25, -0.2) is 19.2 Å². The molecule has 1 atom stereocenters. The van der Waals surface area contributed by atoms with Crippen LogP contribution in [0.15, 0.2) is 0 Å². The van der Waals surface area contributed by atoms with E-state index in [1.54, 1.807) is 0 Å². The molecule has 0 aromatic heterocycles. The molecule has 2 fully saturated rings. The van der Waals surface area contributed by atoms with Gasteiger partial charge in [0, 0.05) is 27.7 Å². The summed E-state index contributed by atoms with van der Waals surface area (Å²) in [4.78, 5) is 59.6. The maximum atomic E-state index is 10.5. The van der Waals surface area contributed by atoms with Crippen molar-refractivity contribution >= 4 is 36.8 Å². The van der Waals surface area contributed by atoms with E-state index in [1.165, 1.54) is 12.8 Å². The zero-order valence-corrected chi connectivity index (χ0v) is 20.2. The van der Waals surface area contributed by atoms with Crippen LogP contribution in [0.5, 0.6) is 0 Å². The molecular formula is C21H44N3O9W-3. The van der Waals surface area contributed by atoms with Gasteiger partial charge in [-0.15, -0.1) is 12.9 Å². The Bertz CT molecular complexity index is 472. The molecule has 34 heavy (non-hydrogen) atoms. The second kappa shape index (κ2) is 33.2. The molecule has 0 aliphatic carbocycles. The van der Waals surface area contributed by atoms with Crippen LogP contribution in [0, 0.1) is 17.8 Å². The van der Waals surface area contributed by atoms with Crippen LogP contribution in [0.2, 0.25) is 0 Å². The summed E-state index contributed by atoms with van der Waals surface area (Å²) in [6.45, 7) is 11.3. The van der Waals surface area contributed by atoms with E-state index in [1.807, 2.05) is 0 Å². The quantitative estimate of drug-likeness (QED) is 0.125. The summed E-state index contributed by atoms with van der Waals surface area (Å²) in [5, 5.41) is 0. The first-order valence-corrected chi connectivity index (χ1v) is 8.47. The Hall–Kier alpha value is -2.01. The van der Waals surface area contributed by atoms with Crippen LogP contribution in [0.3, 0.4) is 0 Å². The van der Waals surface area contributed by atoms with Crippen molar-refractivity contribution in [2.24, 2.45) is 28.5 Å². The zero-order valence-electron chi connectivity index (χ0n) is 17.3. The van der Waals surface area contributed by atoms with E-state index in [-0.39, 0.29) is 57.4 Å². The average Bonchev–Trinajstić information content (AvgIpc) is 2.69. The van der Waals surface area contributed by atoms with Gasteiger partial charge >= 0.3 is 29.3 Å². The van der Waals surface area contributed by atoms with Crippen molar-refractivity contribution in [3.8, 4) is 0 Å². The number of hydrogen-bond acceptors (Lipinski definition) is 12. The van der Waals surface area contributed by atoms with Crippen molar-refractivity contribution in [2.45, 2.75) is 70.2 Å². The molecule has 2 aliphatic rings. The van der Waals surface area contributed by atoms with E-state index in [4.69, 9.17) is 15.3 Å². The molecule has 206 valence electrons. The largest absolute Gasteiger partial charge is 0.783 e. The summed E-state index contributed by atoms with van der Waals surface area (Å²) in [5.41, 5.74) is 12.3.